The van der Waals surface area contributed by atoms with E-state index in [1.807, 2.05) is 54.6 Å². The highest BCUT2D eigenvalue weighted by atomic mass is 127. The molecular formula is C21H16IN3O2S. The van der Waals surface area contributed by atoms with Crippen molar-refractivity contribution in [3.05, 3.63) is 93.6 Å². The second-order valence-corrected chi connectivity index (χ2v) is 7.36. The molecule has 7 heteroatoms. The molecular weight excluding hydrogens is 485 g/mol. The van der Waals surface area contributed by atoms with Crippen LogP contribution in [0.15, 0.2) is 78.9 Å². The minimum absolute atomic E-state index is 0.0129. The van der Waals surface area contributed by atoms with Gasteiger partial charge in [-0.3, -0.25) is 25.8 Å². The number of thiocarbonyl (C=S) groups is 1. The number of benzene rings is 3. The van der Waals surface area contributed by atoms with Gasteiger partial charge in [-0.05, 0) is 70.2 Å². The molecule has 0 saturated carbocycles. The summed E-state index contributed by atoms with van der Waals surface area (Å²) in [5.41, 5.74) is 8.10. The third-order valence-corrected chi connectivity index (χ3v) is 5.03. The van der Waals surface area contributed by atoms with Gasteiger partial charge in [0.2, 0.25) is 0 Å². The van der Waals surface area contributed by atoms with E-state index >= 15 is 0 Å². The number of halogens is 1. The number of hydrogen-bond acceptors (Lipinski definition) is 3. The van der Waals surface area contributed by atoms with Gasteiger partial charge in [0.1, 0.15) is 0 Å². The van der Waals surface area contributed by atoms with Crippen molar-refractivity contribution in [1.29, 1.82) is 0 Å². The summed E-state index contributed by atoms with van der Waals surface area (Å²) in [6.07, 6.45) is 0. The van der Waals surface area contributed by atoms with Crippen molar-refractivity contribution in [2.45, 2.75) is 0 Å². The number of hydrogen-bond donors (Lipinski definition) is 3. The first-order valence-electron chi connectivity index (χ1n) is 8.36. The topological polar surface area (TPSA) is 70.2 Å². The molecule has 3 rings (SSSR count). The Morgan fingerprint density at radius 3 is 2.00 bits per heavy atom. The van der Waals surface area contributed by atoms with Crippen LogP contribution in [0.1, 0.15) is 20.7 Å². The van der Waals surface area contributed by atoms with Gasteiger partial charge in [0.05, 0.1) is 5.56 Å². The minimum Gasteiger partial charge on any atom is -0.298 e. The Bertz CT molecular complexity index is 1010. The Hall–Kier alpha value is -2.78. The van der Waals surface area contributed by atoms with Gasteiger partial charge in [-0.15, -0.1) is 0 Å². The van der Waals surface area contributed by atoms with E-state index in [0.717, 1.165) is 14.7 Å². The molecule has 0 aliphatic heterocycles. The van der Waals surface area contributed by atoms with E-state index < -0.39 is 0 Å². The normalized spacial score (nSPS) is 10.0. The van der Waals surface area contributed by atoms with Gasteiger partial charge in [-0.25, -0.2) is 0 Å². The van der Waals surface area contributed by atoms with Gasteiger partial charge in [-0.2, -0.15) is 0 Å². The molecule has 0 saturated heterocycles. The SMILES string of the molecule is O=C(NNC(=S)NC(=O)c1ccccc1I)c1ccc(-c2ccccc2)cc1. The molecule has 0 aliphatic carbocycles. The highest BCUT2D eigenvalue weighted by molar-refractivity contribution is 14.1. The van der Waals surface area contributed by atoms with E-state index in [1.54, 1.807) is 24.3 Å². The second-order valence-electron chi connectivity index (χ2n) is 5.79. The zero-order chi connectivity index (χ0) is 19.9. The van der Waals surface area contributed by atoms with Gasteiger partial charge in [0.25, 0.3) is 11.8 Å². The Kier molecular flexibility index (Phi) is 6.72. The van der Waals surface area contributed by atoms with Crippen LogP contribution in [0.25, 0.3) is 11.1 Å². The van der Waals surface area contributed by atoms with Crippen LogP contribution in [0.5, 0.6) is 0 Å². The van der Waals surface area contributed by atoms with E-state index in [9.17, 15) is 9.59 Å². The molecule has 0 radical (unpaired) electrons. The van der Waals surface area contributed by atoms with Crippen molar-refractivity contribution in [3.63, 3.8) is 0 Å². The first-order valence-corrected chi connectivity index (χ1v) is 9.85. The number of hydrazine groups is 1. The lowest BCUT2D eigenvalue weighted by molar-refractivity contribution is 0.0934. The molecule has 3 aromatic carbocycles. The second kappa shape index (κ2) is 9.43. The predicted octanol–water partition coefficient (Wildman–Crippen LogP) is 3.91. The Labute approximate surface area is 181 Å². The molecule has 0 fully saturated rings. The van der Waals surface area contributed by atoms with Gasteiger partial charge in [0, 0.05) is 9.13 Å². The van der Waals surface area contributed by atoms with E-state index in [1.165, 1.54) is 0 Å². The minimum atomic E-state index is -0.356. The summed E-state index contributed by atoms with van der Waals surface area (Å²) in [6.45, 7) is 0. The molecule has 0 bridgehead atoms. The molecule has 5 nitrogen and oxygen atoms in total. The van der Waals surface area contributed by atoms with Crippen LogP contribution in [-0.4, -0.2) is 16.9 Å². The number of amides is 2. The largest absolute Gasteiger partial charge is 0.298 e. The van der Waals surface area contributed by atoms with Crippen LogP contribution in [0.4, 0.5) is 0 Å². The van der Waals surface area contributed by atoms with Crippen LogP contribution < -0.4 is 16.2 Å². The van der Waals surface area contributed by atoms with Gasteiger partial charge >= 0.3 is 0 Å². The number of carbonyl (C=O) groups is 2. The first-order chi connectivity index (χ1) is 13.5. The van der Waals surface area contributed by atoms with E-state index in [2.05, 4.69) is 38.8 Å². The van der Waals surface area contributed by atoms with Crippen LogP contribution >= 0.6 is 34.8 Å². The fourth-order valence-electron chi connectivity index (χ4n) is 2.48. The van der Waals surface area contributed by atoms with Crippen molar-refractivity contribution in [2.24, 2.45) is 0 Å². The van der Waals surface area contributed by atoms with Crippen LogP contribution in [0.2, 0.25) is 0 Å². The summed E-state index contributed by atoms with van der Waals surface area (Å²) in [5.74, 6) is -0.700. The Morgan fingerprint density at radius 1 is 0.714 bits per heavy atom. The maximum atomic E-state index is 12.3. The molecule has 0 spiro atoms. The molecule has 28 heavy (non-hydrogen) atoms. The Morgan fingerprint density at radius 2 is 1.32 bits per heavy atom. The smallest absolute Gasteiger partial charge is 0.269 e. The summed E-state index contributed by atoms with van der Waals surface area (Å²) < 4.78 is 0.808. The van der Waals surface area contributed by atoms with E-state index in [-0.39, 0.29) is 16.9 Å². The zero-order valence-electron chi connectivity index (χ0n) is 14.6. The molecule has 0 atom stereocenters. The molecule has 0 aliphatic rings. The third kappa shape index (κ3) is 5.14. The number of rotatable bonds is 3. The first kappa shape index (κ1) is 20.0. The van der Waals surface area contributed by atoms with E-state index in [4.69, 9.17) is 12.2 Å². The maximum Gasteiger partial charge on any atom is 0.269 e. The molecule has 0 unspecified atom stereocenters. The standard InChI is InChI=1S/C21H16IN3O2S/c22-18-9-5-4-8-17(18)20(27)23-21(28)25-24-19(26)16-12-10-15(11-13-16)14-6-2-1-3-7-14/h1-13H,(H,24,26)(H2,23,25,27,28). The predicted molar refractivity (Wildman–Crippen MR) is 122 cm³/mol. The third-order valence-electron chi connectivity index (χ3n) is 3.89. The highest BCUT2D eigenvalue weighted by Gasteiger charge is 2.12. The summed E-state index contributed by atoms with van der Waals surface area (Å²) in [6, 6.07) is 24.3. The highest BCUT2D eigenvalue weighted by Crippen LogP contribution is 2.19. The quantitative estimate of drug-likeness (QED) is 0.289. The maximum absolute atomic E-state index is 12.3. The average Bonchev–Trinajstić information content (AvgIpc) is 2.73. The molecule has 140 valence electrons. The van der Waals surface area contributed by atoms with Crippen LogP contribution in [0, 0.1) is 3.57 Å². The molecule has 2 amide bonds. The van der Waals surface area contributed by atoms with Gasteiger partial charge < -0.3 is 0 Å². The molecule has 0 aromatic heterocycles. The lowest BCUT2D eigenvalue weighted by atomic mass is 10.0. The van der Waals surface area contributed by atoms with E-state index in [0.29, 0.717) is 11.1 Å². The fourth-order valence-corrected chi connectivity index (χ4v) is 3.25. The summed E-state index contributed by atoms with van der Waals surface area (Å²) in [4.78, 5) is 24.5. The zero-order valence-corrected chi connectivity index (χ0v) is 17.6. The number of carbonyl (C=O) groups excluding carboxylic acids is 2. The monoisotopic (exact) mass is 501 g/mol. The van der Waals surface area contributed by atoms with Crippen molar-refractivity contribution in [2.75, 3.05) is 0 Å². The van der Waals surface area contributed by atoms with Crippen molar-refractivity contribution in [1.82, 2.24) is 16.2 Å². The molecule has 3 aromatic rings. The van der Waals surface area contributed by atoms with Crippen LogP contribution in [-0.2, 0) is 0 Å². The fraction of sp³-hybridized carbons (Fsp3) is 0. The average molecular weight is 501 g/mol. The number of nitrogens with one attached hydrogen (secondary N) is 3. The lowest BCUT2D eigenvalue weighted by Gasteiger charge is -2.11. The van der Waals surface area contributed by atoms with Crippen molar-refractivity contribution in [3.8, 4) is 11.1 Å². The molecule has 0 heterocycles. The van der Waals surface area contributed by atoms with Crippen LogP contribution in [0.3, 0.4) is 0 Å². The van der Waals surface area contributed by atoms with Crippen molar-refractivity contribution < 1.29 is 9.59 Å². The van der Waals surface area contributed by atoms with Gasteiger partial charge in [-0.1, -0.05) is 54.6 Å². The molecule has 3 N–H and O–H groups in total. The summed E-state index contributed by atoms with van der Waals surface area (Å²) in [5, 5.41) is 2.55. The van der Waals surface area contributed by atoms with Gasteiger partial charge in [0.15, 0.2) is 5.11 Å². The lowest BCUT2D eigenvalue weighted by Crippen LogP contribution is -2.48. The Balaban J connectivity index is 1.54. The van der Waals surface area contributed by atoms with Crippen molar-refractivity contribution >= 4 is 51.7 Å². The summed E-state index contributed by atoms with van der Waals surface area (Å²) in [7, 11) is 0. The summed E-state index contributed by atoms with van der Waals surface area (Å²) >= 11 is 7.14.